The maximum absolute atomic E-state index is 5.24. The van der Waals surface area contributed by atoms with Gasteiger partial charge in [-0.15, -0.1) is 11.3 Å². The lowest BCUT2D eigenvalue weighted by atomic mass is 10.1. The maximum Gasteiger partial charge on any atom is 0.185 e. The summed E-state index contributed by atoms with van der Waals surface area (Å²) in [5.74, 6) is 0.657. The van der Waals surface area contributed by atoms with Crippen molar-refractivity contribution in [2.45, 2.75) is 39.3 Å². The zero-order valence-corrected chi connectivity index (χ0v) is 13.2. The minimum atomic E-state index is 0.154. The normalized spacial score (nSPS) is 20.2. The van der Waals surface area contributed by atoms with E-state index in [2.05, 4.69) is 36.0 Å². The number of aromatic nitrogens is 1. The predicted octanol–water partition coefficient (Wildman–Crippen LogP) is 2.50. The molecule has 5 heteroatoms. The number of hydrogen-bond donors (Lipinski definition) is 1. The highest BCUT2D eigenvalue weighted by molar-refractivity contribution is 7.15. The first-order chi connectivity index (χ1) is 8.98. The van der Waals surface area contributed by atoms with Crippen molar-refractivity contribution in [2.24, 2.45) is 5.92 Å². The van der Waals surface area contributed by atoms with E-state index < -0.39 is 0 Å². The van der Waals surface area contributed by atoms with E-state index in [0.29, 0.717) is 5.92 Å². The number of hydrogen-bond acceptors (Lipinski definition) is 5. The van der Waals surface area contributed by atoms with Crippen molar-refractivity contribution < 1.29 is 4.74 Å². The summed E-state index contributed by atoms with van der Waals surface area (Å²) >= 11 is 1.80. The van der Waals surface area contributed by atoms with Crippen LogP contribution in [-0.2, 0) is 11.3 Å². The van der Waals surface area contributed by atoms with Gasteiger partial charge < -0.3 is 15.0 Å². The molecule has 2 heterocycles. The van der Waals surface area contributed by atoms with Crippen molar-refractivity contribution in [1.82, 2.24) is 10.3 Å². The molecular formula is C14H25N3OS. The van der Waals surface area contributed by atoms with E-state index >= 15 is 0 Å². The molecule has 0 aliphatic carbocycles. The molecule has 1 fully saturated rings. The summed E-state index contributed by atoms with van der Waals surface area (Å²) in [4.78, 5) is 8.25. The van der Waals surface area contributed by atoms with Crippen LogP contribution in [0.25, 0.3) is 0 Å². The van der Waals surface area contributed by atoms with Crippen molar-refractivity contribution in [3.05, 3.63) is 11.1 Å². The third-order valence-electron chi connectivity index (χ3n) is 3.29. The molecular weight excluding hydrogens is 258 g/mol. The fourth-order valence-electron chi connectivity index (χ4n) is 2.26. The van der Waals surface area contributed by atoms with Gasteiger partial charge in [0.2, 0.25) is 0 Å². The Hall–Kier alpha value is -0.650. The molecule has 0 aromatic carbocycles. The van der Waals surface area contributed by atoms with Crippen LogP contribution in [0.2, 0.25) is 0 Å². The van der Waals surface area contributed by atoms with Crippen LogP contribution in [0.3, 0.4) is 0 Å². The largest absolute Gasteiger partial charge is 0.384 e. The molecule has 108 valence electrons. The quantitative estimate of drug-likeness (QED) is 0.901. The van der Waals surface area contributed by atoms with Gasteiger partial charge in [-0.05, 0) is 27.2 Å². The second-order valence-corrected chi connectivity index (χ2v) is 7.36. The molecule has 19 heavy (non-hydrogen) atoms. The van der Waals surface area contributed by atoms with Crippen LogP contribution >= 0.6 is 11.3 Å². The highest BCUT2D eigenvalue weighted by atomic mass is 32.1. The smallest absolute Gasteiger partial charge is 0.185 e. The van der Waals surface area contributed by atoms with Crippen LogP contribution in [0.15, 0.2) is 6.20 Å². The molecule has 0 spiro atoms. The van der Waals surface area contributed by atoms with E-state index in [9.17, 15) is 0 Å². The van der Waals surface area contributed by atoms with Gasteiger partial charge in [0.05, 0.1) is 6.61 Å². The average Bonchev–Trinajstić information content (AvgIpc) is 2.93. The Balaban J connectivity index is 1.87. The van der Waals surface area contributed by atoms with Crippen molar-refractivity contribution in [2.75, 3.05) is 31.7 Å². The monoisotopic (exact) mass is 283 g/mol. The Kier molecular flexibility index (Phi) is 4.81. The van der Waals surface area contributed by atoms with Gasteiger partial charge in [0.15, 0.2) is 5.13 Å². The van der Waals surface area contributed by atoms with Crippen LogP contribution < -0.4 is 10.2 Å². The zero-order valence-electron chi connectivity index (χ0n) is 12.4. The van der Waals surface area contributed by atoms with Crippen LogP contribution in [0.1, 0.15) is 32.1 Å². The highest BCUT2D eigenvalue weighted by Crippen LogP contribution is 2.28. The molecule has 1 aromatic rings. The number of nitrogens with zero attached hydrogens (tertiary/aromatic N) is 2. The second kappa shape index (κ2) is 6.20. The first kappa shape index (κ1) is 14.8. The maximum atomic E-state index is 5.24. The summed E-state index contributed by atoms with van der Waals surface area (Å²) in [5, 5.41) is 4.66. The van der Waals surface area contributed by atoms with Gasteiger partial charge in [-0.2, -0.15) is 0 Å². The number of ether oxygens (including phenoxy) is 1. The minimum absolute atomic E-state index is 0.154. The predicted molar refractivity (Wildman–Crippen MR) is 80.9 cm³/mol. The molecule has 0 amide bonds. The van der Waals surface area contributed by atoms with Crippen LogP contribution in [-0.4, -0.2) is 37.3 Å². The summed E-state index contributed by atoms with van der Waals surface area (Å²) in [5.41, 5.74) is 0.154. The zero-order chi connectivity index (χ0) is 13.9. The van der Waals surface area contributed by atoms with E-state index in [1.165, 1.54) is 11.3 Å². The molecule has 2 rings (SSSR count). The fourth-order valence-corrected chi connectivity index (χ4v) is 3.14. The first-order valence-electron chi connectivity index (χ1n) is 6.91. The molecule has 1 aliphatic heterocycles. The third kappa shape index (κ3) is 4.44. The molecule has 1 aliphatic rings. The standard InChI is InChI=1S/C14H25N3OS/c1-14(2,3)16-8-12-7-15-13(19-12)17-6-5-11(9-17)10-18-4/h7,11,16H,5-6,8-10H2,1-4H3. The SMILES string of the molecule is COCC1CCN(c2ncc(CNC(C)(C)C)s2)C1. The molecule has 1 N–H and O–H groups in total. The summed E-state index contributed by atoms with van der Waals surface area (Å²) in [7, 11) is 1.78. The lowest BCUT2D eigenvalue weighted by Crippen LogP contribution is -2.34. The molecule has 1 aromatic heterocycles. The van der Waals surface area contributed by atoms with E-state index in [-0.39, 0.29) is 5.54 Å². The van der Waals surface area contributed by atoms with Crippen molar-refractivity contribution in [1.29, 1.82) is 0 Å². The number of methoxy groups -OCH3 is 1. The molecule has 0 radical (unpaired) electrons. The van der Waals surface area contributed by atoms with Gasteiger partial charge in [-0.1, -0.05) is 0 Å². The topological polar surface area (TPSA) is 37.4 Å². The van der Waals surface area contributed by atoms with E-state index in [0.717, 1.165) is 31.4 Å². The Morgan fingerprint density at radius 3 is 3.00 bits per heavy atom. The Bertz CT molecular complexity index is 400. The van der Waals surface area contributed by atoms with Gasteiger partial charge in [0.25, 0.3) is 0 Å². The van der Waals surface area contributed by atoms with Gasteiger partial charge in [0.1, 0.15) is 0 Å². The summed E-state index contributed by atoms with van der Waals surface area (Å²) in [6.07, 6.45) is 3.21. The average molecular weight is 283 g/mol. The van der Waals surface area contributed by atoms with Gasteiger partial charge in [-0.25, -0.2) is 4.98 Å². The fraction of sp³-hybridized carbons (Fsp3) is 0.786. The summed E-state index contributed by atoms with van der Waals surface area (Å²) in [6, 6.07) is 0. The lowest BCUT2D eigenvalue weighted by molar-refractivity contribution is 0.161. The van der Waals surface area contributed by atoms with E-state index in [4.69, 9.17) is 4.74 Å². The van der Waals surface area contributed by atoms with E-state index in [1.54, 1.807) is 18.4 Å². The minimum Gasteiger partial charge on any atom is -0.384 e. The molecule has 0 saturated carbocycles. The molecule has 4 nitrogen and oxygen atoms in total. The van der Waals surface area contributed by atoms with Gasteiger partial charge >= 0.3 is 0 Å². The lowest BCUT2D eigenvalue weighted by Gasteiger charge is -2.19. The molecule has 0 bridgehead atoms. The number of rotatable bonds is 5. The Morgan fingerprint density at radius 2 is 2.32 bits per heavy atom. The van der Waals surface area contributed by atoms with Gasteiger partial charge in [-0.3, -0.25) is 0 Å². The van der Waals surface area contributed by atoms with Crippen LogP contribution in [0.4, 0.5) is 5.13 Å². The summed E-state index contributed by atoms with van der Waals surface area (Å²) < 4.78 is 5.24. The van der Waals surface area contributed by atoms with Crippen molar-refractivity contribution in [3.8, 4) is 0 Å². The van der Waals surface area contributed by atoms with E-state index in [1.807, 2.05) is 6.20 Å². The number of thiazole rings is 1. The molecule has 1 atom stereocenters. The third-order valence-corrected chi connectivity index (χ3v) is 4.35. The number of anilines is 1. The van der Waals surface area contributed by atoms with Crippen LogP contribution in [0.5, 0.6) is 0 Å². The highest BCUT2D eigenvalue weighted by Gasteiger charge is 2.24. The Labute approximate surface area is 120 Å². The Morgan fingerprint density at radius 1 is 1.53 bits per heavy atom. The summed E-state index contributed by atoms with van der Waals surface area (Å²) in [6.45, 7) is 10.5. The molecule has 1 unspecified atom stereocenters. The van der Waals surface area contributed by atoms with Crippen molar-refractivity contribution in [3.63, 3.8) is 0 Å². The second-order valence-electron chi connectivity index (χ2n) is 6.27. The number of nitrogens with one attached hydrogen (secondary N) is 1. The van der Waals surface area contributed by atoms with Crippen LogP contribution in [0, 0.1) is 5.92 Å². The first-order valence-corrected chi connectivity index (χ1v) is 7.73. The molecule has 1 saturated heterocycles. The van der Waals surface area contributed by atoms with Gasteiger partial charge in [0, 0.05) is 49.3 Å². The van der Waals surface area contributed by atoms with Crippen molar-refractivity contribution >= 4 is 16.5 Å².